The normalized spacial score (nSPS) is 41.1. The van der Waals surface area contributed by atoms with Gasteiger partial charge in [-0.3, -0.25) is 0 Å². The summed E-state index contributed by atoms with van der Waals surface area (Å²) in [5.41, 5.74) is 1.24. The van der Waals surface area contributed by atoms with Gasteiger partial charge in [0.1, 0.15) is 6.10 Å². The van der Waals surface area contributed by atoms with Gasteiger partial charge in [0.05, 0.1) is 6.61 Å². The summed E-state index contributed by atoms with van der Waals surface area (Å²) in [6.45, 7) is 1.93. The third kappa shape index (κ3) is 2.09. The van der Waals surface area contributed by atoms with E-state index in [0.717, 1.165) is 18.8 Å². The summed E-state index contributed by atoms with van der Waals surface area (Å²) in [5.74, 6) is 0.536. The van der Waals surface area contributed by atoms with Crippen molar-refractivity contribution < 1.29 is 9.47 Å². The monoisotopic (exact) mass is 273 g/mol. The van der Waals surface area contributed by atoms with Gasteiger partial charge in [0.15, 0.2) is 5.79 Å². The number of likely N-dealkylation sites (tertiary alicyclic amines) is 1. The molecule has 1 saturated carbocycles. The predicted octanol–water partition coefficient (Wildman–Crippen LogP) is 2.98. The van der Waals surface area contributed by atoms with E-state index in [0.29, 0.717) is 12.6 Å². The van der Waals surface area contributed by atoms with Crippen molar-refractivity contribution in [2.45, 2.75) is 43.6 Å². The van der Waals surface area contributed by atoms with Crippen molar-refractivity contribution >= 4 is 0 Å². The largest absolute Gasteiger partial charge is 0.347 e. The van der Waals surface area contributed by atoms with Crippen molar-refractivity contribution in [1.82, 2.24) is 4.90 Å². The van der Waals surface area contributed by atoms with Crippen LogP contribution in [0.25, 0.3) is 0 Å². The molecule has 1 aromatic rings. The topological polar surface area (TPSA) is 21.7 Å². The Bertz CT molecular complexity index is 477. The Kier molecular flexibility index (Phi) is 3.09. The van der Waals surface area contributed by atoms with Crippen molar-refractivity contribution in [1.29, 1.82) is 0 Å². The van der Waals surface area contributed by atoms with Crippen LogP contribution >= 0.6 is 0 Å². The molecular weight excluding hydrogens is 250 g/mol. The summed E-state index contributed by atoms with van der Waals surface area (Å²) < 4.78 is 12.5. The zero-order chi connectivity index (χ0) is 13.6. The lowest BCUT2D eigenvalue weighted by Gasteiger charge is -2.40. The Morgan fingerprint density at radius 1 is 1.20 bits per heavy atom. The van der Waals surface area contributed by atoms with E-state index in [2.05, 4.69) is 36.2 Å². The molecule has 2 heterocycles. The van der Waals surface area contributed by atoms with Gasteiger partial charge in [-0.25, -0.2) is 0 Å². The lowest BCUT2D eigenvalue weighted by Crippen LogP contribution is -2.45. The molecule has 2 saturated heterocycles. The van der Waals surface area contributed by atoms with Crippen molar-refractivity contribution in [2.75, 3.05) is 20.2 Å². The molecular formula is C17H23NO2. The van der Waals surface area contributed by atoms with Crippen LogP contribution in [-0.4, -0.2) is 36.9 Å². The SMILES string of the molecule is CN1CC[C@@H]2CCC3(C[C@@H]21)OCC(c1ccccc1)O3. The van der Waals surface area contributed by atoms with Crippen LogP contribution in [0.2, 0.25) is 0 Å². The van der Waals surface area contributed by atoms with Gasteiger partial charge in [0.2, 0.25) is 0 Å². The second kappa shape index (κ2) is 4.83. The molecule has 2 aliphatic heterocycles. The molecule has 1 spiro atoms. The average Bonchev–Trinajstić information content (AvgIpc) is 3.06. The summed E-state index contributed by atoms with van der Waals surface area (Å²) in [6, 6.07) is 11.1. The zero-order valence-corrected chi connectivity index (χ0v) is 12.1. The number of nitrogens with zero attached hydrogens (tertiary/aromatic N) is 1. The van der Waals surface area contributed by atoms with Crippen LogP contribution in [0, 0.1) is 5.92 Å². The van der Waals surface area contributed by atoms with Gasteiger partial charge < -0.3 is 14.4 Å². The fraction of sp³-hybridized carbons (Fsp3) is 0.647. The lowest BCUT2D eigenvalue weighted by molar-refractivity contribution is -0.201. The highest BCUT2D eigenvalue weighted by molar-refractivity contribution is 5.18. The third-order valence-corrected chi connectivity index (χ3v) is 5.41. The molecule has 1 aromatic carbocycles. The van der Waals surface area contributed by atoms with Crippen LogP contribution in [0.5, 0.6) is 0 Å². The van der Waals surface area contributed by atoms with Crippen LogP contribution in [0.1, 0.15) is 37.4 Å². The summed E-state index contributed by atoms with van der Waals surface area (Å²) >= 11 is 0. The minimum absolute atomic E-state index is 0.111. The maximum atomic E-state index is 6.38. The van der Waals surface area contributed by atoms with E-state index < -0.39 is 0 Å². The van der Waals surface area contributed by atoms with Gasteiger partial charge in [0, 0.05) is 18.9 Å². The highest BCUT2D eigenvalue weighted by atomic mass is 16.7. The van der Waals surface area contributed by atoms with Gasteiger partial charge in [-0.15, -0.1) is 0 Å². The van der Waals surface area contributed by atoms with Crippen LogP contribution in [0.4, 0.5) is 0 Å². The summed E-state index contributed by atoms with van der Waals surface area (Å²) in [7, 11) is 2.24. The fourth-order valence-electron chi connectivity index (χ4n) is 4.20. The van der Waals surface area contributed by atoms with Gasteiger partial charge in [-0.05, 0) is 37.9 Å². The summed E-state index contributed by atoms with van der Waals surface area (Å²) in [5, 5.41) is 0. The lowest BCUT2D eigenvalue weighted by atomic mass is 9.81. The Morgan fingerprint density at radius 2 is 2.05 bits per heavy atom. The molecule has 2 unspecified atom stereocenters. The third-order valence-electron chi connectivity index (χ3n) is 5.41. The minimum atomic E-state index is -0.319. The molecule has 3 aliphatic rings. The first kappa shape index (κ1) is 12.8. The van der Waals surface area contributed by atoms with Gasteiger partial charge in [0.25, 0.3) is 0 Å². The number of hydrogen-bond acceptors (Lipinski definition) is 3. The fourth-order valence-corrected chi connectivity index (χ4v) is 4.20. The molecule has 3 nitrogen and oxygen atoms in total. The number of ether oxygens (including phenoxy) is 2. The van der Waals surface area contributed by atoms with E-state index in [4.69, 9.17) is 9.47 Å². The first-order valence-electron chi connectivity index (χ1n) is 7.83. The highest BCUT2D eigenvalue weighted by Crippen LogP contribution is 2.47. The van der Waals surface area contributed by atoms with Crippen LogP contribution < -0.4 is 0 Å². The number of fused-ring (bicyclic) bond motifs is 1. The van der Waals surface area contributed by atoms with E-state index in [-0.39, 0.29) is 11.9 Å². The molecule has 3 fully saturated rings. The van der Waals surface area contributed by atoms with Gasteiger partial charge in [-0.1, -0.05) is 30.3 Å². The molecule has 20 heavy (non-hydrogen) atoms. The number of rotatable bonds is 1. The maximum absolute atomic E-state index is 6.38. The number of benzene rings is 1. The molecule has 0 radical (unpaired) electrons. The van der Waals surface area contributed by atoms with Crippen LogP contribution in [-0.2, 0) is 9.47 Å². The quantitative estimate of drug-likeness (QED) is 0.785. The molecule has 0 aromatic heterocycles. The van der Waals surface area contributed by atoms with E-state index in [1.807, 2.05) is 6.07 Å². The summed E-state index contributed by atoms with van der Waals surface area (Å²) in [4.78, 5) is 2.49. The molecule has 3 heteroatoms. The van der Waals surface area contributed by atoms with Gasteiger partial charge >= 0.3 is 0 Å². The predicted molar refractivity (Wildman–Crippen MR) is 77.3 cm³/mol. The Labute approximate surface area is 120 Å². The van der Waals surface area contributed by atoms with E-state index in [9.17, 15) is 0 Å². The minimum Gasteiger partial charge on any atom is -0.347 e. The Balaban J connectivity index is 1.50. The average molecular weight is 273 g/mol. The first-order valence-corrected chi connectivity index (χ1v) is 7.83. The zero-order valence-electron chi connectivity index (χ0n) is 12.1. The smallest absolute Gasteiger partial charge is 0.170 e. The molecule has 0 amide bonds. The molecule has 4 atom stereocenters. The number of hydrogen-bond donors (Lipinski definition) is 0. The summed E-state index contributed by atoms with van der Waals surface area (Å²) in [6.07, 6.45) is 4.80. The van der Waals surface area contributed by atoms with Gasteiger partial charge in [-0.2, -0.15) is 0 Å². The van der Waals surface area contributed by atoms with E-state index in [1.165, 1.54) is 24.9 Å². The second-order valence-electron chi connectivity index (χ2n) is 6.58. The van der Waals surface area contributed by atoms with Crippen LogP contribution in [0.3, 0.4) is 0 Å². The first-order chi connectivity index (χ1) is 9.76. The van der Waals surface area contributed by atoms with Crippen LogP contribution in [0.15, 0.2) is 30.3 Å². The Hall–Kier alpha value is -0.900. The molecule has 1 aliphatic carbocycles. The molecule has 0 bridgehead atoms. The van der Waals surface area contributed by atoms with E-state index in [1.54, 1.807) is 0 Å². The van der Waals surface area contributed by atoms with Crippen molar-refractivity contribution in [3.8, 4) is 0 Å². The maximum Gasteiger partial charge on any atom is 0.170 e. The van der Waals surface area contributed by atoms with Crippen molar-refractivity contribution in [2.24, 2.45) is 5.92 Å². The van der Waals surface area contributed by atoms with Crippen molar-refractivity contribution in [3.05, 3.63) is 35.9 Å². The van der Waals surface area contributed by atoms with E-state index >= 15 is 0 Å². The molecule has 108 valence electrons. The Morgan fingerprint density at radius 3 is 2.90 bits per heavy atom. The second-order valence-corrected chi connectivity index (χ2v) is 6.58. The van der Waals surface area contributed by atoms with Crippen molar-refractivity contribution in [3.63, 3.8) is 0 Å². The highest BCUT2D eigenvalue weighted by Gasteiger charge is 2.50. The molecule has 4 rings (SSSR count). The molecule has 0 N–H and O–H groups in total. The standard InChI is InChI=1S/C17H23NO2/c1-18-10-8-13-7-9-17(11-15(13)18)19-12-16(20-17)14-5-3-2-4-6-14/h2-6,13,15-16H,7-12H2,1H3/t13-,15-,16?,17?/m0/s1.